The second kappa shape index (κ2) is 5.98. The number of nitrogens with zero attached hydrogens (tertiary/aromatic N) is 2. The highest BCUT2D eigenvalue weighted by Gasteiger charge is 2.06. The Morgan fingerprint density at radius 2 is 2.10 bits per heavy atom. The van der Waals surface area contributed by atoms with Gasteiger partial charge in [0.15, 0.2) is 3.95 Å². The molecule has 7 heteroatoms. The quantitative estimate of drug-likeness (QED) is 0.676. The van der Waals surface area contributed by atoms with Crippen LogP contribution in [0, 0.1) is 3.95 Å². The highest BCUT2D eigenvalue weighted by molar-refractivity contribution is 7.73. The molecule has 2 aromatic rings. The highest BCUT2D eigenvalue weighted by atomic mass is 32.1. The van der Waals surface area contributed by atoms with Crippen LogP contribution >= 0.6 is 23.6 Å². The number of amides is 1. The van der Waals surface area contributed by atoms with Gasteiger partial charge in [0.2, 0.25) is 11.8 Å². The molecule has 0 aliphatic heterocycles. The first kappa shape index (κ1) is 14.4. The molecule has 1 amide bonds. The first-order chi connectivity index (χ1) is 9.47. The minimum absolute atomic E-state index is 0.110. The number of anilines is 1. The van der Waals surface area contributed by atoms with Crippen molar-refractivity contribution in [2.75, 3.05) is 5.32 Å². The summed E-state index contributed by atoms with van der Waals surface area (Å²) in [4.78, 5) is 15.8. The second-order valence-electron chi connectivity index (χ2n) is 4.10. The zero-order valence-corrected chi connectivity index (χ0v) is 12.6. The van der Waals surface area contributed by atoms with E-state index in [1.54, 1.807) is 37.5 Å². The number of aromatic nitrogens is 1. The fraction of sp³-hybridized carbons (Fsp3) is 0.154. The van der Waals surface area contributed by atoms with Crippen molar-refractivity contribution in [2.24, 2.45) is 12.0 Å². The van der Waals surface area contributed by atoms with Crippen LogP contribution in [0.15, 0.2) is 29.3 Å². The van der Waals surface area contributed by atoms with E-state index in [-0.39, 0.29) is 11.8 Å². The summed E-state index contributed by atoms with van der Waals surface area (Å²) in [6, 6.07) is 7.09. The van der Waals surface area contributed by atoms with E-state index in [2.05, 4.69) is 10.3 Å². The van der Waals surface area contributed by atoms with Crippen LogP contribution in [-0.2, 0) is 11.8 Å². The fourth-order valence-corrected chi connectivity index (χ4v) is 2.61. The molecule has 2 N–H and O–H groups in total. The number of carbonyl (C=O) groups excluding carboxylic acids is 1. The van der Waals surface area contributed by atoms with Crippen molar-refractivity contribution in [1.29, 1.82) is 0 Å². The molecule has 0 saturated carbocycles. The van der Waals surface area contributed by atoms with E-state index in [1.807, 2.05) is 0 Å². The van der Waals surface area contributed by atoms with Gasteiger partial charge in [-0.25, -0.2) is 0 Å². The Hall–Kier alpha value is -1.99. The monoisotopic (exact) mass is 307 g/mol. The molecule has 20 heavy (non-hydrogen) atoms. The molecule has 0 aliphatic carbocycles. The van der Waals surface area contributed by atoms with Gasteiger partial charge in [0.05, 0.1) is 11.9 Å². The maximum Gasteiger partial charge on any atom is 0.221 e. The van der Waals surface area contributed by atoms with E-state index >= 15 is 0 Å². The van der Waals surface area contributed by atoms with Gasteiger partial charge < -0.3 is 10.4 Å². The molecular weight excluding hydrogens is 294 g/mol. The van der Waals surface area contributed by atoms with Crippen molar-refractivity contribution < 1.29 is 9.90 Å². The maximum absolute atomic E-state index is 10.9. The molecule has 0 aliphatic rings. The lowest BCUT2D eigenvalue weighted by atomic mass is 10.3. The molecule has 1 heterocycles. The van der Waals surface area contributed by atoms with Crippen LogP contribution in [0.1, 0.15) is 11.8 Å². The Balaban J connectivity index is 2.17. The molecule has 0 unspecified atom stereocenters. The van der Waals surface area contributed by atoms with Gasteiger partial charge in [0.1, 0.15) is 4.88 Å². The summed E-state index contributed by atoms with van der Waals surface area (Å²) in [7, 11) is 1.70. The number of hydrogen-bond donors (Lipinski definition) is 2. The van der Waals surface area contributed by atoms with Gasteiger partial charge in [-0.3, -0.25) is 14.4 Å². The van der Waals surface area contributed by atoms with Crippen molar-refractivity contribution >= 4 is 47.1 Å². The van der Waals surface area contributed by atoms with Crippen LogP contribution in [-0.4, -0.2) is 21.8 Å². The van der Waals surface area contributed by atoms with Crippen LogP contribution in [0.5, 0.6) is 5.88 Å². The van der Waals surface area contributed by atoms with Gasteiger partial charge in [-0.2, -0.15) is 0 Å². The molecule has 0 atom stereocenters. The van der Waals surface area contributed by atoms with E-state index in [4.69, 9.17) is 12.2 Å². The smallest absolute Gasteiger partial charge is 0.221 e. The largest absolute Gasteiger partial charge is 0.493 e. The summed E-state index contributed by atoms with van der Waals surface area (Å²) in [6.45, 7) is 1.46. The predicted octanol–water partition coefficient (Wildman–Crippen LogP) is 3.23. The van der Waals surface area contributed by atoms with E-state index < -0.39 is 0 Å². The number of hydrogen-bond acceptors (Lipinski definition) is 5. The van der Waals surface area contributed by atoms with E-state index in [0.717, 1.165) is 11.4 Å². The summed E-state index contributed by atoms with van der Waals surface area (Å²) < 4.78 is 2.12. The number of carbonyl (C=O) groups is 1. The lowest BCUT2D eigenvalue weighted by Crippen LogP contribution is -2.04. The SMILES string of the molecule is CC(=O)Nc1ccc(N=Cc2sc(=S)n(C)c2O)cc1. The van der Waals surface area contributed by atoms with Crippen molar-refractivity contribution in [2.45, 2.75) is 6.92 Å². The zero-order chi connectivity index (χ0) is 14.7. The molecule has 0 fully saturated rings. The summed E-state index contributed by atoms with van der Waals surface area (Å²) in [6.07, 6.45) is 1.57. The Labute approximate surface area is 125 Å². The molecular formula is C13H13N3O2S2. The minimum Gasteiger partial charge on any atom is -0.493 e. The Kier molecular flexibility index (Phi) is 4.31. The van der Waals surface area contributed by atoms with Crippen LogP contribution in [0.4, 0.5) is 11.4 Å². The zero-order valence-electron chi connectivity index (χ0n) is 11.0. The Bertz CT molecular complexity index is 714. The highest BCUT2D eigenvalue weighted by Crippen LogP contribution is 2.24. The second-order valence-corrected chi connectivity index (χ2v) is 5.78. The normalized spacial score (nSPS) is 10.9. The molecule has 0 saturated heterocycles. The van der Waals surface area contributed by atoms with Gasteiger partial charge in [-0.15, -0.1) is 0 Å². The third-order valence-corrected chi connectivity index (χ3v) is 4.01. The topological polar surface area (TPSA) is 66.6 Å². The number of thiazole rings is 1. The number of aliphatic imine (C=N–C) groups is 1. The Morgan fingerprint density at radius 3 is 2.60 bits per heavy atom. The first-order valence-electron chi connectivity index (χ1n) is 5.78. The minimum atomic E-state index is -0.116. The molecule has 2 rings (SSSR count). The van der Waals surface area contributed by atoms with Crippen molar-refractivity contribution in [3.05, 3.63) is 33.1 Å². The third kappa shape index (κ3) is 3.31. The average molecular weight is 307 g/mol. The van der Waals surface area contributed by atoms with Crippen LogP contribution in [0.3, 0.4) is 0 Å². The number of nitrogens with one attached hydrogen (secondary N) is 1. The van der Waals surface area contributed by atoms with Crippen LogP contribution in [0.25, 0.3) is 0 Å². The van der Waals surface area contributed by atoms with E-state index in [0.29, 0.717) is 8.83 Å². The van der Waals surface area contributed by atoms with E-state index in [9.17, 15) is 9.90 Å². The van der Waals surface area contributed by atoms with Gasteiger partial charge in [0, 0.05) is 19.7 Å². The predicted molar refractivity (Wildman–Crippen MR) is 83.8 cm³/mol. The van der Waals surface area contributed by atoms with E-state index in [1.165, 1.54) is 22.8 Å². The van der Waals surface area contributed by atoms with Gasteiger partial charge in [-0.05, 0) is 36.5 Å². The maximum atomic E-state index is 10.9. The van der Waals surface area contributed by atoms with Crippen LogP contribution in [0.2, 0.25) is 0 Å². The van der Waals surface area contributed by atoms with Gasteiger partial charge in [0.25, 0.3) is 0 Å². The van der Waals surface area contributed by atoms with Gasteiger partial charge >= 0.3 is 0 Å². The van der Waals surface area contributed by atoms with Gasteiger partial charge in [-0.1, -0.05) is 11.3 Å². The summed E-state index contributed by atoms with van der Waals surface area (Å²) in [5.41, 5.74) is 1.44. The van der Waals surface area contributed by atoms with Crippen molar-refractivity contribution in [3.63, 3.8) is 0 Å². The Morgan fingerprint density at radius 1 is 1.45 bits per heavy atom. The number of aromatic hydroxyl groups is 1. The van der Waals surface area contributed by atoms with Crippen LogP contribution < -0.4 is 5.32 Å². The number of rotatable bonds is 3. The number of benzene rings is 1. The molecule has 104 valence electrons. The first-order valence-corrected chi connectivity index (χ1v) is 7.00. The molecule has 1 aromatic carbocycles. The lowest BCUT2D eigenvalue weighted by molar-refractivity contribution is -0.114. The lowest BCUT2D eigenvalue weighted by Gasteiger charge is -2.01. The molecule has 5 nitrogen and oxygen atoms in total. The van der Waals surface area contributed by atoms with Crippen molar-refractivity contribution in [3.8, 4) is 5.88 Å². The third-order valence-electron chi connectivity index (χ3n) is 2.53. The van der Waals surface area contributed by atoms with Crippen molar-refractivity contribution in [1.82, 2.24) is 4.57 Å². The molecule has 0 spiro atoms. The standard InChI is InChI=1S/C13H13N3O2S2/c1-8(17)15-10-5-3-9(4-6-10)14-7-11-12(18)16(2)13(19)20-11/h3-7,18H,1-2H3,(H,15,17). The summed E-state index contributed by atoms with van der Waals surface area (Å²) in [5, 5.41) is 12.5. The fourth-order valence-electron chi connectivity index (χ4n) is 1.51. The summed E-state index contributed by atoms with van der Waals surface area (Å²) >= 11 is 6.36. The summed E-state index contributed by atoms with van der Waals surface area (Å²) in [5.74, 6) is -0.00569. The average Bonchev–Trinajstić information content (AvgIpc) is 2.65. The molecule has 0 bridgehead atoms. The molecule has 0 radical (unpaired) electrons. The molecule has 1 aromatic heterocycles.